The molecular weight excluding hydrogens is 414 g/mol. The van der Waals surface area contributed by atoms with E-state index >= 15 is 0 Å². The quantitative estimate of drug-likeness (QED) is 0.582. The van der Waals surface area contributed by atoms with Crippen molar-refractivity contribution in [2.24, 2.45) is 0 Å². The fourth-order valence-corrected chi connectivity index (χ4v) is 4.04. The molecule has 1 saturated heterocycles. The molecule has 6 heteroatoms. The average Bonchev–Trinajstić information content (AvgIpc) is 2.81. The first-order chi connectivity index (χ1) is 15.8. The Morgan fingerprint density at radius 3 is 2.36 bits per heavy atom. The van der Waals surface area contributed by atoms with Gasteiger partial charge in [0.25, 0.3) is 11.5 Å². The maximum atomic E-state index is 13.0. The molecule has 1 aromatic heterocycles. The lowest BCUT2D eigenvalue weighted by Gasteiger charge is -2.26. The summed E-state index contributed by atoms with van der Waals surface area (Å²) in [6.45, 7) is 14.2. The van der Waals surface area contributed by atoms with Gasteiger partial charge in [-0.3, -0.25) is 14.5 Å². The van der Waals surface area contributed by atoms with Gasteiger partial charge >= 0.3 is 0 Å². The third-order valence-corrected chi connectivity index (χ3v) is 6.21. The third-order valence-electron chi connectivity index (χ3n) is 6.21. The molecule has 0 aliphatic carbocycles. The van der Waals surface area contributed by atoms with E-state index in [1.807, 2.05) is 6.20 Å². The van der Waals surface area contributed by atoms with E-state index in [1.54, 1.807) is 10.6 Å². The van der Waals surface area contributed by atoms with E-state index in [4.69, 9.17) is 4.74 Å². The van der Waals surface area contributed by atoms with Crippen LogP contribution in [0.5, 0.6) is 0 Å². The maximum Gasteiger partial charge on any atom is 0.263 e. The van der Waals surface area contributed by atoms with Gasteiger partial charge in [-0.2, -0.15) is 0 Å². The van der Waals surface area contributed by atoms with E-state index in [0.717, 1.165) is 63.2 Å². The summed E-state index contributed by atoms with van der Waals surface area (Å²) in [7, 11) is 0. The minimum atomic E-state index is -0.291. The van der Waals surface area contributed by atoms with Crippen LogP contribution in [0.25, 0.3) is 11.1 Å². The van der Waals surface area contributed by atoms with Crippen LogP contribution in [0.15, 0.2) is 41.3 Å². The molecule has 1 aromatic carbocycles. The fraction of sp³-hybridized carbons (Fsp3) is 0.556. The molecule has 2 aromatic rings. The van der Waals surface area contributed by atoms with Crippen LogP contribution in [-0.4, -0.2) is 54.8 Å². The number of amides is 1. The van der Waals surface area contributed by atoms with Crippen LogP contribution in [0, 0.1) is 0 Å². The molecule has 180 valence electrons. The van der Waals surface area contributed by atoms with Crippen molar-refractivity contribution in [3.05, 3.63) is 58.0 Å². The molecule has 0 unspecified atom stereocenters. The molecule has 33 heavy (non-hydrogen) atoms. The number of carbonyl (C=O) groups is 1. The summed E-state index contributed by atoms with van der Waals surface area (Å²) in [5.41, 5.74) is 3.23. The number of benzene rings is 1. The maximum absolute atomic E-state index is 13.0. The number of nitrogens with zero attached hydrogens (tertiary/aromatic N) is 2. The van der Waals surface area contributed by atoms with Crippen molar-refractivity contribution < 1.29 is 9.53 Å². The van der Waals surface area contributed by atoms with Crippen molar-refractivity contribution in [2.75, 3.05) is 39.4 Å². The van der Waals surface area contributed by atoms with Crippen molar-refractivity contribution >= 4 is 5.91 Å². The van der Waals surface area contributed by atoms with Crippen LogP contribution >= 0.6 is 0 Å². The summed E-state index contributed by atoms with van der Waals surface area (Å²) in [4.78, 5) is 28.3. The second-order valence-corrected chi connectivity index (χ2v) is 9.89. The van der Waals surface area contributed by atoms with Crippen LogP contribution in [-0.2, 0) is 16.7 Å². The van der Waals surface area contributed by atoms with E-state index in [9.17, 15) is 9.59 Å². The van der Waals surface area contributed by atoms with Gasteiger partial charge in [-0.05, 0) is 47.6 Å². The Bertz CT molecular complexity index is 968. The van der Waals surface area contributed by atoms with Gasteiger partial charge in [0.15, 0.2) is 0 Å². The monoisotopic (exact) mass is 453 g/mol. The molecule has 3 rings (SSSR count). The summed E-state index contributed by atoms with van der Waals surface area (Å²) in [6, 6.07) is 10.2. The Hall–Kier alpha value is -2.44. The summed E-state index contributed by atoms with van der Waals surface area (Å²) >= 11 is 0. The molecule has 0 atom stereocenters. The standard InChI is InChI=1S/C27H39N3O3/c1-5-6-14-30-20-22(21-8-10-23(11-9-21)27(2,3)4)19-24(26(30)32)25(31)28-12-7-13-29-15-17-33-18-16-29/h8-11,19-20H,5-7,12-18H2,1-4H3,(H,28,31). The van der Waals surface area contributed by atoms with Crippen LogP contribution in [0.3, 0.4) is 0 Å². The number of aryl methyl sites for hydroxylation is 1. The molecule has 1 N–H and O–H groups in total. The number of hydrogen-bond acceptors (Lipinski definition) is 4. The normalized spacial score (nSPS) is 14.9. The molecule has 0 bridgehead atoms. The van der Waals surface area contributed by atoms with Gasteiger partial charge < -0.3 is 14.6 Å². The van der Waals surface area contributed by atoms with Gasteiger partial charge in [0, 0.05) is 32.4 Å². The minimum Gasteiger partial charge on any atom is -0.379 e. The highest BCUT2D eigenvalue weighted by molar-refractivity contribution is 5.95. The van der Waals surface area contributed by atoms with E-state index in [-0.39, 0.29) is 22.4 Å². The largest absolute Gasteiger partial charge is 0.379 e. The second-order valence-electron chi connectivity index (χ2n) is 9.89. The molecular formula is C27H39N3O3. The predicted octanol–water partition coefficient (Wildman–Crippen LogP) is 4.07. The van der Waals surface area contributed by atoms with Gasteiger partial charge in [-0.25, -0.2) is 0 Å². The molecule has 1 amide bonds. The summed E-state index contributed by atoms with van der Waals surface area (Å²) in [5, 5.41) is 2.96. The number of rotatable bonds is 9. The smallest absolute Gasteiger partial charge is 0.263 e. The number of aromatic nitrogens is 1. The first-order valence-electron chi connectivity index (χ1n) is 12.2. The lowest BCUT2D eigenvalue weighted by molar-refractivity contribution is 0.0374. The van der Waals surface area contributed by atoms with Crippen LogP contribution in [0.2, 0.25) is 0 Å². The van der Waals surface area contributed by atoms with E-state index < -0.39 is 0 Å². The molecule has 1 fully saturated rings. The van der Waals surface area contributed by atoms with Crippen LogP contribution in [0.4, 0.5) is 0 Å². The predicted molar refractivity (Wildman–Crippen MR) is 134 cm³/mol. The van der Waals surface area contributed by atoms with E-state index in [2.05, 4.69) is 62.2 Å². The minimum absolute atomic E-state index is 0.0741. The van der Waals surface area contributed by atoms with Gasteiger partial charge in [0.2, 0.25) is 0 Å². The Morgan fingerprint density at radius 2 is 1.73 bits per heavy atom. The molecule has 1 aliphatic heterocycles. The van der Waals surface area contributed by atoms with Crippen LogP contribution < -0.4 is 10.9 Å². The fourth-order valence-electron chi connectivity index (χ4n) is 4.04. The zero-order chi connectivity index (χ0) is 23.8. The highest BCUT2D eigenvalue weighted by atomic mass is 16.5. The summed E-state index contributed by atoms with van der Waals surface area (Å²) in [5.74, 6) is -0.291. The lowest BCUT2D eigenvalue weighted by atomic mass is 9.86. The molecule has 0 spiro atoms. The SMILES string of the molecule is CCCCn1cc(-c2ccc(C(C)(C)C)cc2)cc(C(=O)NCCCN2CCOCC2)c1=O. The number of hydrogen-bond donors (Lipinski definition) is 1. The van der Waals surface area contributed by atoms with Crippen molar-refractivity contribution in [1.82, 2.24) is 14.8 Å². The number of carbonyl (C=O) groups excluding carboxylic acids is 1. The first kappa shape index (κ1) is 25.2. The molecule has 0 radical (unpaired) electrons. The van der Waals surface area contributed by atoms with Gasteiger partial charge in [-0.15, -0.1) is 0 Å². The Kier molecular flexibility index (Phi) is 8.87. The molecule has 1 aliphatic rings. The number of ether oxygens (including phenoxy) is 1. The lowest BCUT2D eigenvalue weighted by Crippen LogP contribution is -2.38. The Balaban J connectivity index is 1.76. The number of nitrogens with one attached hydrogen (secondary N) is 1. The number of morpholine rings is 1. The summed E-state index contributed by atoms with van der Waals surface area (Å²) < 4.78 is 7.07. The van der Waals surface area contributed by atoms with E-state index in [1.165, 1.54) is 5.56 Å². The van der Waals surface area contributed by atoms with Gasteiger partial charge in [-0.1, -0.05) is 58.4 Å². The van der Waals surface area contributed by atoms with Crippen molar-refractivity contribution in [3.8, 4) is 11.1 Å². The van der Waals surface area contributed by atoms with Crippen molar-refractivity contribution in [2.45, 2.75) is 58.9 Å². The van der Waals surface area contributed by atoms with Gasteiger partial charge in [0.05, 0.1) is 13.2 Å². The number of pyridine rings is 1. The Morgan fingerprint density at radius 1 is 1.03 bits per heavy atom. The highest BCUT2D eigenvalue weighted by Crippen LogP contribution is 2.26. The van der Waals surface area contributed by atoms with Crippen molar-refractivity contribution in [1.29, 1.82) is 0 Å². The molecule has 6 nitrogen and oxygen atoms in total. The molecule has 2 heterocycles. The molecule has 0 saturated carbocycles. The summed E-state index contributed by atoms with van der Waals surface area (Å²) in [6.07, 6.45) is 4.62. The second kappa shape index (κ2) is 11.6. The van der Waals surface area contributed by atoms with E-state index in [0.29, 0.717) is 13.1 Å². The van der Waals surface area contributed by atoms with Gasteiger partial charge in [0.1, 0.15) is 5.56 Å². The highest BCUT2D eigenvalue weighted by Gasteiger charge is 2.17. The zero-order valence-corrected chi connectivity index (χ0v) is 20.7. The average molecular weight is 454 g/mol. The van der Waals surface area contributed by atoms with Crippen molar-refractivity contribution in [3.63, 3.8) is 0 Å². The Labute approximate surface area is 197 Å². The van der Waals surface area contributed by atoms with Crippen LogP contribution in [0.1, 0.15) is 62.9 Å². The topological polar surface area (TPSA) is 63.6 Å². The first-order valence-corrected chi connectivity index (χ1v) is 12.2. The number of unbranched alkanes of at least 4 members (excludes halogenated alkanes) is 1. The zero-order valence-electron chi connectivity index (χ0n) is 20.7. The third kappa shape index (κ3) is 7.02.